The minimum atomic E-state index is -4.65. The van der Waals surface area contributed by atoms with Gasteiger partial charge < -0.3 is 0 Å². The average molecular weight is 634 g/mol. The Bertz CT molecular complexity index is 1750. The van der Waals surface area contributed by atoms with Crippen molar-refractivity contribution in [2.24, 2.45) is 11.8 Å². The number of fused-ring (bicyclic) bond motifs is 1. The molecule has 10 nitrogen and oxygen atoms in total. The number of hydrogen-bond acceptors (Lipinski definition) is 7. The number of carbonyl (C=O) groups excluding carboxylic acids is 1. The molecular formula is C29H31F4N7O3S. The lowest BCUT2D eigenvalue weighted by Crippen LogP contribution is -2.38. The molecule has 44 heavy (non-hydrogen) atoms. The second-order valence-electron chi connectivity index (χ2n) is 11.0. The Morgan fingerprint density at radius 1 is 1.09 bits per heavy atom. The molecular weight excluding hydrogens is 602 g/mol. The summed E-state index contributed by atoms with van der Waals surface area (Å²) in [7, 11) is -4.02. The summed E-state index contributed by atoms with van der Waals surface area (Å²) in [5.41, 5.74) is 0.788. The number of pyridine rings is 1. The predicted molar refractivity (Wildman–Crippen MR) is 151 cm³/mol. The van der Waals surface area contributed by atoms with Crippen molar-refractivity contribution in [2.75, 3.05) is 13.1 Å². The van der Waals surface area contributed by atoms with E-state index in [4.69, 9.17) is 0 Å². The van der Waals surface area contributed by atoms with Crippen molar-refractivity contribution in [1.82, 2.24) is 34.1 Å². The van der Waals surface area contributed by atoms with Gasteiger partial charge in [0.2, 0.25) is 5.03 Å². The van der Waals surface area contributed by atoms with E-state index in [-0.39, 0.29) is 49.1 Å². The molecule has 5 rings (SSSR count). The average Bonchev–Trinajstić information content (AvgIpc) is 3.65. The van der Waals surface area contributed by atoms with Gasteiger partial charge in [0.25, 0.3) is 10.0 Å². The van der Waals surface area contributed by atoms with Crippen molar-refractivity contribution < 1.29 is 30.8 Å². The first-order chi connectivity index (χ1) is 20.8. The summed E-state index contributed by atoms with van der Waals surface area (Å²) in [6.45, 7) is 5.47. The molecule has 0 aliphatic heterocycles. The Morgan fingerprint density at radius 2 is 1.82 bits per heavy atom. The van der Waals surface area contributed by atoms with E-state index < -0.39 is 45.2 Å². The molecule has 0 bridgehead atoms. The van der Waals surface area contributed by atoms with Gasteiger partial charge in [-0.2, -0.15) is 32.5 Å². The zero-order chi connectivity index (χ0) is 31.8. The van der Waals surface area contributed by atoms with E-state index in [1.807, 2.05) is 13.8 Å². The molecule has 0 N–H and O–H groups in total. The fourth-order valence-corrected chi connectivity index (χ4v) is 6.77. The van der Waals surface area contributed by atoms with Crippen LogP contribution in [0.25, 0.3) is 5.69 Å². The van der Waals surface area contributed by atoms with Gasteiger partial charge in [0, 0.05) is 30.9 Å². The number of ketones is 1. The van der Waals surface area contributed by atoms with Crippen LogP contribution < -0.4 is 0 Å². The van der Waals surface area contributed by atoms with Crippen molar-refractivity contribution in [3.63, 3.8) is 0 Å². The molecule has 15 heteroatoms. The Labute approximate surface area is 251 Å². The van der Waals surface area contributed by atoms with Crippen LogP contribution in [0.4, 0.5) is 17.6 Å². The molecule has 3 aromatic heterocycles. The smallest absolute Gasteiger partial charge is 0.292 e. The highest BCUT2D eigenvalue weighted by molar-refractivity contribution is 7.89. The predicted octanol–water partition coefficient (Wildman–Crippen LogP) is 4.91. The maximum atomic E-state index is 13.8. The molecule has 2 atom stereocenters. The van der Waals surface area contributed by atoms with Crippen LogP contribution in [0.15, 0.2) is 60.0 Å². The molecule has 0 radical (unpaired) electrons. The molecule has 3 heterocycles. The standard InChI is InChI=1S/C29H31F4N7O3S/c1-4-38(44(42,43)27-17-36-40(37-27)18(2)3)12-10-19-14-26-20(16-35-39(26)23-7-5-22(30)6-8-23)13-24(19)28(41)25-15-21(9-11-34-25)29(31,32)33/h5-9,11,15-19,24H,4,10,12-14H2,1-3H3/t19-,24+/m0/s1. The first-order valence-electron chi connectivity index (χ1n) is 14.1. The lowest BCUT2D eigenvalue weighted by molar-refractivity contribution is -0.137. The summed E-state index contributed by atoms with van der Waals surface area (Å²) in [4.78, 5) is 19.0. The molecule has 1 aliphatic carbocycles. The number of halogens is 4. The highest BCUT2D eigenvalue weighted by Gasteiger charge is 2.39. The van der Waals surface area contributed by atoms with Crippen LogP contribution in [0.1, 0.15) is 60.5 Å². The van der Waals surface area contributed by atoms with Gasteiger partial charge in [-0.05, 0) is 81.0 Å². The van der Waals surface area contributed by atoms with E-state index in [1.54, 1.807) is 29.9 Å². The molecule has 0 fully saturated rings. The fraction of sp³-hybridized carbons (Fsp3) is 0.414. The maximum Gasteiger partial charge on any atom is 0.416 e. The number of Topliss-reactive ketones (excluding diaryl/α,β-unsaturated/α-hetero) is 1. The number of alkyl halides is 3. The number of aromatic nitrogens is 6. The van der Waals surface area contributed by atoms with E-state index in [0.717, 1.165) is 29.6 Å². The molecule has 1 aliphatic rings. The number of nitrogens with zero attached hydrogens (tertiary/aromatic N) is 7. The number of sulfonamides is 1. The summed E-state index contributed by atoms with van der Waals surface area (Å²) >= 11 is 0. The van der Waals surface area contributed by atoms with Crippen LogP contribution in [0.3, 0.4) is 0 Å². The summed E-state index contributed by atoms with van der Waals surface area (Å²) in [6.07, 6.45) is -0.243. The summed E-state index contributed by atoms with van der Waals surface area (Å²) in [6, 6.07) is 7.14. The molecule has 0 unspecified atom stereocenters. The fourth-order valence-electron chi connectivity index (χ4n) is 5.45. The molecule has 1 aromatic carbocycles. The van der Waals surface area contributed by atoms with Gasteiger partial charge in [0.1, 0.15) is 11.5 Å². The van der Waals surface area contributed by atoms with Gasteiger partial charge >= 0.3 is 6.18 Å². The summed E-state index contributed by atoms with van der Waals surface area (Å²) in [5.74, 6) is -2.24. The molecule has 0 amide bonds. The number of benzene rings is 1. The SMILES string of the molecule is CCN(CC[C@H]1Cc2c(cnn2-c2ccc(F)cc2)C[C@H]1C(=O)c1cc(C(F)(F)F)ccn1)S(=O)(=O)c1cnn(C(C)C)n1. The van der Waals surface area contributed by atoms with Gasteiger partial charge in [-0.1, -0.05) is 6.92 Å². The van der Waals surface area contributed by atoms with Gasteiger partial charge in [0.15, 0.2) is 5.78 Å². The number of hydrogen-bond donors (Lipinski definition) is 0. The first kappa shape index (κ1) is 31.4. The summed E-state index contributed by atoms with van der Waals surface area (Å²) < 4.78 is 83.7. The molecule has 234 valence electrons. The first-order valence-corrected chi connectivity index (χ1v) is 15.5. The van der Waals surface area contributed by atoms with Crippen molar-refractivity contribution in [3.8, 4) is 5.69 Å². The van der Waals surface area contributed by atoms with Crippen molar-refractivity contribution >= 4 is 15.8 Å². The minimum Gasteiger partial charge on any atom is -0.292 e. The van der Waals surface area contributed by atoms with E-state index in [0.29, 0.717) is 5.69 Å². The Kier molecular flexibility index (Phi) is 8.71. The molecule has 0 saturated heterocycles. The zero-order valence-electron chi connectivity index (χ0n) is 24.2. The monoisotopic (exact) mass is 633 g/mol. The normalized spacial score (nSPS) is 17.3. The topological polar surface area (TPSA) is 116 Å². The van der Waals surface area contributed by atoms with Crippen molar-refractivity contribution in [3.05, 3.63) is 83.3 Å². The van der Waals surface area contributed by atoms with Gasteiger partial charge in [-0.25, -0.2) is 17.5 Å². The Morgan fingerprint density at radius 3 is 2.45 bits per heavy atom. The Balaban J connectivity index is 1.47. The number of rotatable bonds is 10. The Hall–Kier alpha value is -3.98. The second kappa shape index (κ2) is 12.2. The van der Waals surface area contributed by atoms with E-state index >= 15 is 0 Å². The third kappa shape index (κ3) is 6.29. The highest BCUT2D eigenvalue weighted by Crippen LogP contribution is 2.37. The quantitative estimate of drug-likeness (QED) is 0.180. The van der Waals surface area contributed by atoms with Gasteiger partial charge in [0.05, 0.1) is 29.7 Å². The van der Waals surface area contributed by atoms with Crippen LogP contribution in [0.5, 0.6) is 0 Å². The lowest BCUT2D eigenvalue weighted by Gasteiger charge is -2.32. The lowest BCUT2D eigenvalue weighted by atomic mass is 9.74. The summed E-state index contributed by atoms with van der Waals surface area (Å²) in [5, 5.41) is 12.4. The molecule has 0 saturated carbocycles. The third-order valence-corrected chi connectivity index (χ3v) is 9.66. The third-order valence-electron chi connectivity index (χ3n) is 7.82. The highest BCUT2D eigenvalue weighted by atomic mass is 32.2. The number of carbonyl (C=O) groups is 1. The minimum absolute atomic E-state index is 0.0257. The largest absolute Gasteiger partial charge is 0.416 e. The van der Waals surface area contributed by atoms with Crippen LogP contribution in [0, 0.1) is 17.7 Å². The van der Waals surface area contributed by atoms with Crippen LogP contribution in [-0.2, 0) is 29.0 Å². The molecule has 0 spiro atoms. The van der Waals surface area contributed by atoms with E-state index in [2.05, 4.69) is 20.3 Å². The van der Waals surface area contributed by atoms with Gasteiger partial charge in [-0.3, -0.25) is 9.78 Å². The molecule has 4 aromatic rings. The maximum absolute atomic E-state index is 13.8. The van der Waals surface area contributed by atoms with Crippen LogP contribution >= 0.6 is 0 Å². The van der Waals surface area contributed by atoms with Crippen LogP contribution in [-0.4, -0.2) is 61.4 Å². The van der Waals surface area contributed by atoms with Crippen molar-refractivity contribution in [1.29, 1.82) is 0 Å². The van der Waals surface area contributed by atoms with Crippen molar-refractivity contribution in [2.45, 2.75) is 57.3 Å². The van der Waals surface area contributed by atoms with Crippen LogP contribution in [0.2, 0.25) is 0 Å². The second-order valence-corrected chi connectivity index (χ2v) is 12.8. The van der Waals surface area contributed by atoms with E-state index in [1.165, 1.54) is 27.4 Å². The van der Waals surface area contributed by atoms with E-state index in [9.17, 15) is 30.8 Å². The zero-order valence-corrected chi connectivity index (χ0v) is 25.1. The van der Waals surface area contributed by atoms with Gasteiger partial charge in [-0.15, -0.1) is 5.10 Å².